The summed E-state index contributed by atoms with van der Waals surface area (Å²) in [6.07, 6.45) is 5.05. The Labute approximate surface area is 76.1 Å². The minimum absolute atomic E-state index is 0.326. The van der Waals surface area contributed by atoms with Crippen LogP contribution < -0.4 is 0 Å². The number of methoxy groups -OCH3 is 1. The van der Waals surface area contributed by atoms with Crippen molar-refractivity contribution in [1.82, 2.24) is 4.90 Å². The van der Waals surface area contributed by atoms with E-state index in [1.54, 1.807) is 18.0 Å². The highest BCUT2D eigenvalue weighted by atomic mass is 32.2. The molecule has 1 aliphatic rings. The normalized spacial score (nSPS) is 22.2. The van der Waals surface area contributed by atoms with E-state index in [-0.39, 0.29) is 5.97 Å². The zero-order chi connectivity index (χ0) is 8.97. The van der Waals surface area contributed by atoms with Gasteiger partial charge in [0.15, 0.2) is 0 Å². The molecule has 4 heteroatoms. The minimum Gasteiger partial charge on any atom is -0.466 e. The number of nitrogens with zero attached hydrogens (tertiary/aromatic N) is 1. The van der Waals surface area contributed by atoms with Gasteiger partial charge in [0.25, 0.3) is 0 Å². The molecule has 0 radical (unpaired) electrons. The molecule has 0 spiro atoms. The van der Waals surface area contributed by atoms with E-state index in [0.29, 0.717) is 5.37 Å². The van der Waals surface area contributed by atoms with Crippen LogP contribution in [-0.2, 0) is 9.53 Å². The minimum atomic E-state index is -0.326. The van der Waals surface area contributed by atoms with Gasteiger partial charge in [-0.1, -0.05) is 0 Å². The van der Waals surface area contributed by atoms with Crippen molar-refractivity contribution >= 4 is 17.7 Å². The maximum atomic E-state index is 10.7. The van der Waals surface area contributed by atoms with E-state index in [1.807, 2.05) is 16.5 Å². The Hall–Kier alpha value is -0.900. The molecule has 1 atom stereocenters. The zero-order valence-corrected chi connectivity index (χ0v) is 7.88. The SMILES string of the molecule is COC(=O)C=CN1C=CSC1C. The summed E-state index contributed by atoms with van der Waals surface area (Å²) in [6, 6.07) is 0. The molecular formula is C8H11NO2S. The lowest BCUT2D eigenvalue weighted by atomic mass is 10.5. The molecule has 1 rings (SSSR count). The van der Waals surface area contributed by atoms with Crippen LogP contribution in [0.3, 0.4) is 0 Å². The van der Waals surface area contributed by atoms with Gasteiger partial charge >= 0.3 is 5.97 Å². The second kappa shape index (κ2) is 4.21. The Kier molecular flexibility index (Phi) is 3.22. The number of thioether (sulfide) groups is 1. The van der Waals surface area contributed by atoms with Gasteiger partial charge in [-0.15, -0.1) is 11.8 Å². The van der Waals surface area contributed by atoms with Crippen molar-refractivity contribution in [3.63, 3.8) is 0 Å². The first-order valence-corrected chi connectivity index (χ1v) is 4.54. The summed E-state index contributed by atoms with van der Waals surface area (Å²) in [5.41, 5.74) is 0. The fourth-order valence-electron chi connectivity index (χ4n) is 0.796. The van der Waals surface area contributed by atoms with Gasteiger partial charge in [0.1, 0.15) is 0 Å². The summed E-state index contributed by atoms with van der Waals surface area (Å²) in [6.45, 7) is 2.06. The number of hydrogen-bond acceptors (Lipinski definition) is 4. The molecule has 0 amide bonds. The van der Waals surface area contributed by atoms with Crippen molar-refractivity contribution in [1.29, 1.82) is 0 Å². The molecule has 0 fully saturated rings. The Morgan fingerprint density at radius 1 is 1.75 bits per heavy atom. The van der Waals surface area contributed by atoms with Crippen molar-refractivity contribution < 1.29 is 9.53 Å². The standard InChI is InChI=1S/C8H11NO2S/c1-7-9(5-6-12-7)4-3-8(10)11-2/h3-7H,1-2H3. The third-order valence-corrected chi connectivity index (χ3v) is 2.43. The zero-order valence-electron chi connectivity index (χ0n) is 7.06. The van der Waals surface area contributed by atoms with Crippen molar-refractivity contribution in [2.45, 2.75) is 12.3 Å². The van der Waals surface area contributed by atoms with E-state index in [4.69, 9.17) is 0 Å². The van der Waals surface area contributed by atoms with Crippen molar-refractivity contribution in [2.75, 3.05) is 7.11 Å². The molecule has 0 saturated heterocycles. The quantitative estimate of drug-likeness (QED) is 0.482. The van der Waals surface area contributed by atoms with E-state index in [0.717, 1.165) is 0 Å². The van der Waals surface area contributed by atoms with Gasteiger partial charge in [0.05, 0.1) is 12.5 Å². The Morgan fingerprint density at radius 3 is 3.00 bits per heavy atom. The van der Waals surface area contributed by atoms with Gasteiger partial charge < -0.3 is 9.64 Å². The van der Waals surface area contributed by atoms with Gasteiger partial charge in [-0.25, -0.2) is 4.79 Å². The van der Waals surface area contributed by atoms with Crippen LogP contribution in [0, 0.1) is 0 Å². The second-order valence-electron chi connectivity index (χ2n) is 2.31. The van der Waals surface area contributed by atoms with Crippen LogP contribution in [0.15, 0.2) is 23.9 Å². The third kappa shape index (κ3) is 2.30. The molecule has 0 aliphatic carbocycles. The van der Waals surface area contributed by atoms with Crippen molar-refractivity contribution in [3.05, 3.63) is 23.9 Å². The summed E-state index contributed by atoms with van der Waals surface area (Å²) in [4.78, 5) is 12.7. The summed E-state index contributed by atoms with van der Waals surface area (Å²) >= 11 is 1.71. The van der Waals surface area contributed by atoms with E-state index >= 15 is 0 Å². The van der Waals surface area contributed by atoms with Crippen molar-refractivity contribution in [2.24, 2.45) is 0 Å². The monoisotopic (exact) mass is 185 g/mol. The molecule has 0 bridgehead atoms. The largest absolute Gasteiger partial charge is 0.466 e. The van der Waals surface area contributed by atoms with E-state index in [1.165, 1.54) is 13.2 Å². The fourth-order valence-corrected chi connectivity index (χ4v) is 1.52. The summed E-state index contributed by atoms with van der Waals surface area (Å²) in [7, 11) is 1.37. The summed E-state index contributed by atoms with van der Waals surface area (Å²) in [5, 5.41) is 2.36. The lowest BCUT2D eigenvalue weighted by molar-refractivity contribution is -0.134. The van der Waals surface area contributed by atoms with E-state index in [9.17, 15) is 4.79 Å². The number of esters is 1. The highest BCUT2D eigenvalue weighted by Crippen LogP contribution is 2.24. The van der Waals surface area contributed by atoms with Crippen LogP contribution in [0.5, 0.6) is 0 Å². The molecule has 12 heavy (non-hydrogen) atoms. The highest BCUT2D eigenvalue weighted by molar-refractivity contribution is 8.02. The molecule has 0 aromatic rings. The first kappa shape index (κ1) is 9.19. The molecule has 0 N–H and O–H groups in total. The van der Waals surface area contributed by atoms with Gasteiger partial charge in [-0.2, -0.15) is 0 Å². The first-order chi connectivity index (χ1) is 5.74. The van der Waals surface area contributed by atoms with Gasteiger partial charge in [-0.3, -0.25) is 0 Å². The number of carbonyl (C=O) groups is 1. The lowest BCUT2D eigenvalue weighted by Crippen LogP contribution is -2.15. The molecular weight excluding hydrogens is 174 g/mol. The number of rotatable bonds is 2. The molecule has 1 unspecified atom stereocenters. The topological polar surface area (TPSA) is 29.5 Å². The van der Waals surface area contributed by atoms with Crippen LogP contribution in [-0.4, -0.2) is 23.4 Å². The van der Waals surface area contributed by atoms with Crippen LogP contribution in [0.4, 0.5) is 0 Å². The molecule has 66 valence electrons. The lowest BCUT2D eigenvalue weighted by Gasteiger charge is -2.15. The van der Waals surface area contributed by atoms with E-state index in [2.05, 4.69) is 11.7 Å². The third-order valence-electron chi connectivity index (χ3n) is 1.51. The maximum Gasteiger partial charge on any atom is 0.331 e. The van der Waals surface area contributed by atoms with Crippen LogP contribution >= 0.6 is 11.8 Å². The van der Waals surface area contributed by atoms with E-state index < -0.39 is 0 Å². The van der Waals surface area contributed by atoms with Gasteiger partial charge in [-0.05, 0) is 12.3 Å². The Balaban J connectivity index is 2.45. The molecule has 0 aromatic heterocycles. The average molecular weight is 185 g/mol. The molecule has 0 saturated carbocycles. The van der Waals surface area contributed by atoms with Crippen molar-refractivity contribution in [3.8, 4) is 0 Å². The van der Waals surface area contributed by atoms with Crippen LogP contribution in [0.1, 0.15) is 6.92 Å². The maximum absolute atomic E-state index is 10.7. The summed E-state index contributed by atoms with van der Waals surface area (Å²) in [5.74, 6) is -0.326. The average Bonchev–Trinajstić information content (AvgIpc) is 2.47. The molecule has 0 aromatic carbocycles. The Morgan fingerprint density at radius 2 is 2.50 bits per heavy atom. The molecule has 1 aliphatic heterocycles. The molecule has 1 heterocycles. The predicted molar refractivity (Wildman–Crippen MR) is 49.2 cm³/mol. The van der Waals surface area contributed by atoms with Gasteiger partial charge in [0, 0.05) is 18.5 Å². The highest BCUT2D eigenvalue weighted by Gasteiger charge is 2.11. The number of hydrogen-bond donors (Lipinski definition) is 0. The fraction of sp³-hybridized carbons (Fsp3) is 0.375. The van der Waals surface area contributed by atoms with Crippen LogP contribution in [0.25, 0.3) is 0 Å². The smallest absolute Gasteiger partial charge is 0.331 e. The predicted octanol–water partition coefficient (Wildman–Crippen LogP) is 1.54. The summed E-state index contributed by atoms with van der Waals surface area (Å²) < 4.78 is 4.46. The van der Waals surface area contributed by atoms with Gasteiger partial charge in [0.2, 0.25) is 0 Å². The Bertz CT molecular complexity index is 225. The second-order valence-corrected chi connectivity index (χ2v) is 3.53. The molecule has 3 nitrogen and oxygen atoms in total. The number of carbonyl (C=O) groups excluding carboxylic acids is 1. The first-order valence-electron chi connectivity index (χ1n) is 3.60. The number of ether oxygens (including phenoxy) is 1. The van der Waals surface area contributed by atoms with Crippen LogP contribution in [0.2, 0.25) is 0 Å².